The molecule has 84 valence electrons. The van der Waals surface area contributed by atoms with Gasteiger partial charge < -0.3 is 14.6 Å². The minimum Gasteiger partial charge on any atom is -0.496 e. The van der Waals surface area contributed by atoms with Crippen molar-refractivity contribution in [1.29, 1.82) is 5.26 Å². The molecule has 1 rings (SSSR count). The third-order valence-electron chi connectivity index (χ3n) is 2.16. The summed E-state index contributed by atoms with van der Waals surface area (Å²) in [5, 5.41) is 18.0. The van der Waals surface area contributed by atoms with Crippen molar-refractivity contribution in [3.05, 3.63) is 28.8 Å². The lowest BCUT2D eigenvalue weighted by Gasteiger charge is -2.11. The third-order valence-corrected chi connectivity index (χ3v) is 2.16. The quantitative estimate of drug-likeness (QED) is 0.765. The monoisotopic (exact) mass is 221 g/mol. The Morgan fingerprint density at radius 2 is 2.19 bits per heavy atom. The van der Waals surface area contributed by atoms with E-state index in [0.717, 1.165) is 0 Å². The van der Waals surface area contributed by atoms with Crippen molar-refractivity contribution in [2.45, 2.75) is 6.61 Å². The first-order chi connectivity index (χ1) is 7.69. The second kappa shape index (κ2) is 5.14. The van der Waals surface area contributed by atoms with Gasteiger partial charge in [-0.1, -0.05) is 0 Å². The maximum absolute atomic E-state index is 11.5. The maximum Gasteiger partial charge on any atom is 0.342 e. The van der Waals surface area contributed by atoms with Gasteiger partial charge in [-0.25, -0.2) is 4.79 Å². The van der Waals surface area contributed by atoms with Crippen LogP contribution in [-0.2, 0) is 11.3 Å². The number of esters is 1. The molecular weight excluding hydrogens is 210 g/mol. The zero-order valence-corrected chi connectivity index (χ0v) is 8.98. The number of hydrogen-bond donors (Lipinski definition) is 1. The molecule has 0 aliphatic heterocycles. The van der Waals surface area contributed by atoms with Crippen LogP contribution in [0.4, 0.5) is 0 Å². The summed E-state index contributed by atoms with van der Waals surface area (Å²) in [5.41, 5.74) is 0.531. The van der Waals surface area contributed by atoms with E-state index in [2.05, 4.69) is 4.74 Å². The van der Waals surface area contributed by atoms with Gasteiger partial charge in [0.2, 0.25) is 0 Å². The van der Waals surface area contributed by atoms with Gasteiger partial charge in [-0.05, 0) is 12.1 Å². The molecule has 0 saturated heterocycles. The molecule has 0 atom stereocenters. The van der Waals surface area contributed by atoms with Crippen LogP contribution in [0.15, 0.2) is 12.1 Å². The van der Waals surface area contributed by atoms with Gasteiger partial charge in [0.05, 0.1) is 32.5 Å². The van der Waals surface area contributed by atoms with Crippen LogP contribution in [-0.4, -0.2) is 25.3 Å². The predicted molar refractivity (Wildman–Crippen MR) is 55.0 cm³/mol. The molecular formula is C11H11NO4. The van der Waals surface area contributed by atoms with Gasteiger partial charge in [-0.15, -0.1) is 0 Å². The largest absolute Gasteiger partial charge is 0.496 e. The fraction of sp³-hybridized carbons (Fsp3) is 0.273. The summed E-state index contributed by atoms with van der Waals surface area (Å²) < 4.78 is 9.57. The molecule has 1 aromatic rings. The standard InChI is InChI=1S/C11H11NO4/c1-15-9-4-3-7(5-12)8(6-13)10(9)11(14)16-2/h3-4,13H,6H2,1-2H3. The van der Waals surface area contributed by atoms with Gasteiger partial charge >= 0.3 is 5.97 Å². The Labute approximate surface area is 92.8 Å². The van der Waals surface area contributed by atoms with Gasteiger partial charge in [0.25, 0.3) is 0 Å². The van der Waals surface area contributed by atoms with E-state index >= 15 is 0 Å². The van der Waals surface area contributed by atoms with Crippen molar-refractivity contribution in [1.82, 2.24) is 0 Å². The predicted octanol–water partition coefficient (Wildman–Crippen LogP) is 0.846. The molecule has 0 amide bonds. The van der Waals surface area contributed by atoms with Crippen LogP contribution in [0.3, 0.4) is 0 Å². The molecule has 0 heterocycles. The second-order valence-corrected chi connectivity index (χ2v) is 2.93. The smallest absolute Gasteiger partial charge is 0.342 e. The second-order valence-electron chi connectivity index (χ2n) is 2.93. The molecule has 0 fully saturated rings. The van der Waals surface area contributed by atoms with Crippen LogP contribution < -0.4 is 4.74 Å². The van der Waals surface area contributed by atoms with Gasteiger partial charge in [0.15, 0.2) is 0 Å². The van der Waals surface area contributed by atoms with Crippen molar-refractivity contribution in [2.24, 2.45) is 0 Å². The molecule has 0 spiro atoms. The van der Waals surface area contributed by atoms with E-state index in [1.807, 2.05) is 6.07 Å². The highest BCUT2D eigenvalue weighted by Gasteiger charge is 2.20. The Morgan fingerprint density at radius 3 is 2.62 bits per heavy atom. The molecule has 1 aromatic carbocycles. The van der Waals surface area contributed by atoms with Crippen molar-refractivity contribution in [3.63, 3.8) is 0 Å². The maximum atomic E-state index is 11.5. The van der Waals surface area contributed by atoms with E-state index in [1.54, 1.807) is 0 Å². The van der Waals surface area contributed by atoms with E-state index in [-0.39, 0.29) is 22.4 Å². The Bertz CT molecular complexity index is 448. The van der Waals surface area contributed by atoms with Gasteiger partial charge in [-0.3, -0.25) is 0 Å². The van der Waals surface area contributed by atoms with Crippen molar-refractivity contribution in [3.8, 4) is 11.8 Å². The summed E-state index contributed by atoms with van der Waals surface area (Å²) in [6.07, 6.45) is 0. The Balaban J connectivity index is 3.50. The number of nitrogens with zero attached hydrogens (tertiary/aromatic N) is 1. The normalized spacial score (nSPS) is 9.38. The van der Waals surface area contributed by atoms with E-state index in [1.165, 1.54) is 26.4 Å². The number of aliphatic hydroxyl groups excluding tert-OH is 1. The zero-order chi connectivity index (χ0) is 12.1. The number of hydrogen-bond acceptors (Lipinski definition) is 5. The molecule has 0 saturated carbocycles. The summed E-state index contributed by atoms with van der Waals surface area (Å²) in [5.74, 6) is -0.368. The SMILES string of the molecule is COC(=O)c1c(OC)ccc(C#N)c1CO. The van der Waals surface area contributed by atoms with E-state index in [0.29, 0.717) is 0 Å². The van der Waals surface area contributed by atoms with Crippen LogP contribution in [0, 0.1) is 11.3 Å². The van der Waals surface area contributed by atoms with Gasteiger partial charge in [0, 0.05) is 5.56 Å². The molecule has 0 aliphatic rings. The molecule has 0 bridgehead atoms. The highest BCUT2D eigenvalue weighted by atomic mass is 16.5. The zero-order valence-electron chi connectivity index (χ0n) is 8.98. The van der Waals surface area contributed by atoms with Gasteiger partial charge in [0.1, 0.15) is 11.3 Å². The number of aliphatic hydroxyl groups is 1. The fourth-order valence-electron chi connectivity index (χ4n) is 1.39. The topological polar surface area (TPSA) is 79.5 Å². The van der Waals surface area contributed by atoms with Crippen molar-refractivity contribution in [2.75, 3.05) is 14.2 Å². The number of benzene rings is 1. The number of nitriles is 1. The Hall–Kier alpha value is -2.06. The van der Waals surface area contributed by atoms with Crippen molar-refractivity contribution >= 4 is 5.97 Å². The average Bonchev–Trinajstić information content (AvgIpc) is 2.35. The fourth-order valence-corrected chi connectivity index (χ4v) is 1.39. The Kier molecular flexibility index (Phi) is 3.86. The number of carbonyl (C=O) groups excluding carboxylic acids is 1. The number of carbonyl (C=O) groups is 1. The number of rotatable bonds is 3. The number of ether oxygens (including phenoxy) is 2. The third kappa shape index (κ3) is 1.97. The van der Waals surface area contributed by atoms with Gasteiger partial charge in [-0.2, -0.15) is 5.26 Å². The van der Waals surface area contributed by atoms with Crippen LogP contribution in [0.1, 0.15) is 21.5 Å². The molecule has 0 radical (unpaired) electrons. The van der Waals surface area contributed by atoms with E-state index < -0.39 is 12.6 Å². The molecule has 0 aromatic heterocycles. The summed E-state index contributed by atoms with van der Waals surface area (Å²) in [7, 11) is 2.62. The van der Waals surface area contributed by atoms with E-state index in [9.17, 15) is 9.90 Å². The van der Waals surface area contributed by atoms with Crippen LogP contribution in [0.2, 0.25) is 0 Å². The summed E-state index contributed by atoms with van der Waals surface area (Å²) >= 11 is 0. The molecule has 16 heavy (non-hydrogen) atoms. The summed E-state index contributed by atoms with van der Waals surface area (Å²) in [6, 6.07) is 4.87. The molecule has 0 unspecified atom stereocenters. The highest BCUT2D eigenvalue weighted by molar-refractivity contribution is 5.94. The lowest BCUT2D eigenvalue weighted by atomic mass is 10.0. The van der Waals surface area contributed by atoms with Crippen LogP contribution in [0.5, 0.6) is 5.75 Å². The lowest BCUT2D eigenvalue weighted by Crippen LogP contribution is -2.10. The minimum absolute atomic E-state index is 0.0894. The van der Waals surface area contributed by atoms with Crippen molar-refractivity contribution < 1.29 is 19.4 Å². The van der Waals surface area contributed by atoms with Crippen LogP contribution >= 0.6 is 0 Å². The molecule has 0 aliphatic carbocycles. The first-order valence-corrected chi connectivity index (χ1v) is 4.48. The molecule has 5 nitrogen and oxygen atoms in total. The average molecular weight is 221 g/mol. The highest BCUT2D eigenvalue weighted by Crippen LogP contribution is 2.26. The minimum atomic E-state index is -0.641. The van der Waals surface area contributed by atoms with E-state index in [4.69, 9.17) is 10.00 Å². The summed E-state index contributed by atoms with van der Waals surface area (Å²) in [4.78, 5) is 11.5. The van der Waals surface area contributed by atoms with Crippen LogP contribution in [0.25, 0.3) is 0 Å². The first kappa shape index (κ1) is 12.0. The Morgan fingerprint density at radius 1 is 1.50 bits per heavy atom. The summed E-state index contributed by atoms with van der Waals surface area (Å²) in [6.45, 7) is -0.426. The molecule has 5 heteroatoms. The lowest BCUT2D eigenvalue weighted by molar-refractivity contribution is 0.0593. The number of methoxy groups -OCH3 is 2. The first-order valence-electron chi connectivity index (χ1n) is 4.48. The molecule has 1 N–H and O–H groups in total.